The second kappa shape index (κ2) is 8.04. The van der Waals surface area contributed by atoms with Gasteiger partial charge in [0.15, 0.2) is 0 Å². The molecule has 2 unspecified atom stereocenters. The van der Waals surface area contributed by atoms with Crippen LogP contribution in [0.2, 0.25) is 6.55 Å². The van der Waals surface area contributed by atoms with E-state index >= 15 is 0 Å². The van der Waals surface area contributed by atoms with Crippen molar-refractivity contribution in [1.82, 2.24) is 0 Å². The molecule has 0 aromatic heterocycles. The summed E-state index contributed by atoms with van der Waals surface area (Å²) in [5.41, 5.74) is 1.89. The van der Waals surface area contributed by atoms with Gasteiger partial charge in [-0.15, -0.1) is 6.58 Å². The van der Waals surface area contributed by atoms with Crippen molar-refractivity contribution in [3.05, 3.63) is 12.3 Å². The minimum atomic E-state index is -2.16. The van der Waals surface area contributed by atoms with Crippen LogP contribution in [0.1, 0.15) is 53.4 Å². The van der Waals surface area contributed by atoms with Crippen molar-refractivity contribution >= 4 is 8.56 Å². The maximum atomic E-state index is 6.04. The van der Waals surface area contributed by atoms with Gasteiger partial charge in [0.05, 0.1) is 0 Å². The first-order valence-electron chi connectivity index (χ1n) is 6.46. The minimum Gasteiger partial charge on any atom is -0.389 e. The first-order chi connectivity index (χ1) is 7.47. The van der Waals surface area contributed by atoms with E-state index in [4.69, 9.17) is 8.85 Å². The molecule has 0 heterocycles. The molecule has 0 spiro atoms. The highest BCUT2D eigenvalue weighted by Gasteiger charge is 2.31. The highest BCUT2D eigenvalue weighted by Crippen LogP contribution is 2.18. The Hall–Kier alpha value is -0.123. The third-order valence-electron chi connectivity index (χ3n) is 2.63. The molecule has 0 saturated heterocycles. The lowest BCUT2D eigenvalue weighted by molar-refractivity contribution is 0.0952. The van der Waals surface area contributed by atoms with Crippen molar-refractivity contribution < 1.29 is 8.85 Å². The van der Waals surface area contributed by atoms with Gasteiger partial charge in [-0.3, -0.25) is 0 Å². The summed E-state index contributed by atoms with van der Waals surface area (Å²) >= 11 is 0. The zero-order valence-corrected chi connectivity index (χ0v) is 12.6. The van der Waals surface area contributed by atoms with E-state index in [1.54, 1.807) is 0 Å². The number of hydrogen-bond acceptors (Lipinski definition) is 2. The summed E-state index contributed by atoms with van der Waals surface area (Å²) in [6, 6.07) is 0. The van der Waals surface area contributed by atoms with Crippen molar-refractivity contribution in [1.29, 1.82) is 0 Å². The highest BCUT2D eigenvalue weighted by atomic mass is 28.4. The molecule has 0 bridgehead atoms. The molecule has 0 amide bonds. The van der Waals surface area contributed by atoms with Gasteiger partial charge >= 0.3 is 8.56 Å². The summed E-state index contributed by atoms with van der Waals surface area (Å²) < 4.78 is 12.1. The van der Waals surface area contributed by atoms with Crippen LogP contribution in [0, 0.1) is 0 Å². The molecule has 0 aliphatic heterocycles. The van der Waals surface area contributed by atoms with Crippen LogP contribution in [0.15, 0.2) is 12.3 Å². The van der Waals surface area contributed by atoms with Gasteiger partial charge in [-0.1, -0.05) is 26.7 Å². The Morgan fingerprint density at radius 1 is 1.06 bits per heavy atom. The summed E-state index contributed by atoms with van der Waals surface area (Å²) in [7, 11) is -2.16. The third kappa shape index (κ3) is 6.46. The van der Waals surface area contributed by atoms with E-state index < -0.39 is 8.56 Å². The quantitative estimate of drug-likeness (QED) is 0.566. The average Bonchev–Trinajstić information content (AvgIpc) is 2.17. The Morgan fingerprint density at radius 2 is 1.44 bits per heavy atom. The van der Waals surface area contributed by atoms with E-state index in [-0.39, 0.29) is 12.2 Å². The Morgan fingerprint density at radius 3 is 1.69 bits per heavy atom. The Labute approximate surface area is 102 Å². The lowest BCUT2D eigenvalue weighted by Crippen LogP contribution is -2.42. The molecule has 0 rings (SSSR count). The molecule has 2 nitrogen and oxygen atoms in total. The van der Waals surface area contributed by atoms with Crippen LogP contribution in [0.3, 0.4) is 0 Å². The fourth-order valence-electron chi connectivity index (χ4n) is 1.85. The second-order valence-electron chi connectivity index (χ2n) is 4.65. The van der Waals surface area contributed by atoms with Crippen LogP contribution in [0.4, 0.5) is 0 Å². The molecule has 0 aromatic rings. The molecule has 0 aliphatic rings. The van der Waals surface area contributed by atoms with E-state index in [0.29, 0.717) is 0 Å². The summed E-state index contributed by atoms with van der Waals surface area (Å²) in [6.07, 6.45) is 5.01. The predicted octanol–water partition coefficient (Wildman–Crippen LogP) is 4.19. The lowest BCUT2D eigenvalue weighted by atomic mass is 10.2. The molecule has 96 valence electrons. The molecule has 0 saturated carbocycles. The molecule has 0 N–H and O–H groups in total. The van der Waals surface area contributed by atoms with Crippen LogP contribution in [0.25, 0.3) is 0 Å². The van der Waals surface area contributed by atoms with Crippen molar-refractivity contribution in [2.45, 2.75) is 72.1 Å². The Kier molecular flexibility index (Phi) is 7.98. The van der Waals surface area contributed by atoms with Crippen LogP contribution < -0.4 is 0 Å². The van der Waals surface area contributed by atoms with Gasteiger partial charge in [-0.05, 0) is 38.9 Å². The average molecular weight is 244 g/mol. The molecule has 0 fully saturated rings. The Bertz CT molecular complexity index is 180. The predicted molar refractivity (Wildman–Crippen MR) is 72.7 cm³/mol. The SMILES string of the molecule is C=C[Si](C)(OC(C)CCC)OC(C)CCC. The van der Waals surface area contributed by atoms with E-state index in [1.165, 1.54) is 0 Å². The fourth-order valence-corrected chi connectivity index (χ4v) is 3.94. The van der Waals surface area contributed by atoms with Crippen molar-refractivity contribution in [2.24, 2.45) is 0 Å². The van der Waals surface area contributed by atoms with Crippen molar-refractivity contribution in [3.8, 4) is 0 Å². The van der Waals surface area contributed by atoms with Gasteiger partial charge in [0, 0.05) is 12.2 Å². The third-order valence-corrected chi connectivity index (χ3v) is 5.11. The summed E-state index contributed by atoms with van der Waals surface area (Å²) in [4.78, 5) is 0. The van der Waals surface area contributed by atoms with Crippen molar-refractivity contribution in [2.75, 3.05) is 0 Å². The van der Waals surface area contributed by atoms with E-state index in [9.17, 15) is 0 Å². The summed E-state index contributed by atoms with van der Waals surface area (Å²) in [6.45, 7) is 14.5. The molecular weight excluding hydrogens is 216 g/mol. The van der Waals surface area contributed by atoms with Crippen LogP contribution >= 0.6 is 0 Å². The first kappa shape index (κ1) is 15.9. The Balaban J connectivity index is 4.23. The minimum absolute atomic E-state index is 0.272. The van der Waals surface area contributed by atoms with Crippen LogP contribution in [0.5, 0.6) is 0 Å². The normalized spacial score (nSPS) is 18.8. The molecule has 0 aliphatic carbocycles. The van der Waals surface area contributed by atoms with E-state index in [0.717, 1.165) is 25.7 Å². The van der Waals surface area contributed by atoms with Gasteiger partial charge in [-0.25, -0.2) is 0 Å². The molecule has 16 heavy (non-hydrogen) atoms. The monoisotopic (exact) mass is 244 g/mol. The zero-order valence-electron chi connectivity index (χ0n) is 11.6. The van der Waals surface area contributed by atoms with Gasteiger partial charge in [0.1, 0.15) is 0 Å². The summed E-state index contributed by atoms with van der Waals surface area (Å²) in [5, 5.41) is 0. The molecule has 0 radical (unpaired) electrons. The maximum Gasteiger partial charge on any atom is 0.361 e. The van der Waals surface area contributed by atoms with Crippen LogP contribution in [-0.4, -0.2) is 20.8 Å². The van der Waals surface area contributed by atoms with Gasteiger partial charge in [-0.2, -0.15) is 0 Å². The fraction of sp³-hybridized carbons (Fsp3) is 0.846. The van der Waals surface area contributed by atoms with E-state index in [2.05, 4.69) is 40.8 Å². The smallest absolute Gasteiger partial charge is 0.361 e. The lowest BCUT2D eigenvalue weighted by Gasteiger charge is -2.30. The largest absolute Gasteiger partial charge is 0.389 e. The molecule has 3 heteroatoms. The van der Waals surface area contributed by atoms with Crippen molar-refractivity contribution in [3.63, 3.8) is 0 Å². The summed E-state index contributed by atoms with van der Waals surface area (Å²) in [5.74, 6) is 0. The van der Waals surface area contributed by atoms with Crippen LogP contribution in [-0.2, 0) is 8.85 Å². The van der Waals surface area contributed by atoms with Gasteiger partial charge in [0.25, 0.3) is 0 Å². The topological polar surface area (TPSA) is 18.5 Å². The molecule has 0 aromatic carbocycles. The highest BCUT2D eigenvalue weighted by molar-refractivity contribution is 6.71. The van der Waals surface area contributed by atoms with Gasteiger partial charge < -0.3 is 8.85 Å². The van der Waals surface area contributed by atoms with E-state index in [1.807, 2.05) is 5.70 Å². The molecule has 2 atom stereocenters. The first-order valence-corrected chi connectivity index (χ1v) is 8.86. The number of rotatable bonds is 9. The second-order valence-corrected chi connectivity index (χ2v) is 7.57. The molecular formula is C13H28O2Si. The number of hydrogen-bond donors (Lipinski definition) is 0. The van der Waals surface area contributed by atoms with Gasteiger partial charge in [0.2, 0.25) is 0 Å². The zero-order chi connectivity index (χ0) is 12.6. The standard InChI is InChI=1S/C13H28O2Si/c1-7-10-12(4)14-16(6,9-3)15-13(5)11-8-2/h9,12-13H,3,7-8,10-11H2,1-2,4-6H3. The maximum absolute atomic E-state index is 6.04.